The summed E-state index contributed by atoms with van der Waals surface area (Å²) in [6.45, 7) is 6.08. The molecule has 0 unspecified atom stereocenters. The third kappa shape index (κ3) is 5.10. The van der Waals surface area contributed by atoms with Crippen LogP contribution >= 0.6 is 0 Å². The highest BCUT2D eigenvalue weighted by Gasteiger charge is 2.11. The smallest absolute Gasteiger partial charge is 0.337 e. The number of esters is 1. The van der Waals surface area contributed by atoms with Gasteiger partial charge in [-0.15, -0.1) is 0 Å². The summed E-state index contributed by atoms with van der Waals surface area (Å²) in [6, 6.07) is 16.9. The number of nitrogens with zero attached hydrogens (tertiary/aromatic N) is 1. The lowest BCUT2D eigenvalue weighted by Gasteiger charge is -2.13. The van der Waals surface area contributed by atoms with E-state index in [1.165, 1.54) is 7.11 Å². The predicted molar refractivity (Wildman–Crippen MR) is 97.4 cm³/mol. The number of rotatable bonds is 2. The Morgan fingerprint density at radius 1 is 0.958 bits per heavy atom. The first-order chi connectivity index (χ1) is 11.4. The Morgan fingerprint density at radius 3 is 2.08 bits per heavy atom. The lowest BCUT2D eigenvalue weighted by atomic mass is 10.0. The third-order valence-electron chi connectivity index (χ3n) is 3.13. The van der Waals surface area contributed by atoms with Crippen LogP contribution in [-0.2, 0) is 4.74 Å². The number of aliphatic imine (C=N–C) groups is 1. The molecule has 0 atom stereocenters. The summed E-state index contributed by atoms with van der Waals surface area (Å²) < 4.78 is 4.73. The SMILES string of the molecule is COC(=O)c1ccc(C(C#Cc2ccccc2)=NC(C)(C)C)cc1. The summed E-state index contributed by atoms with van der Waals surface area (Å²) in [7, 11) is 1.37. The topological polar surface area (TPSA) is 38.7 Å². The van der Waals surface area contributed by atoms with E-state index in [0.717, 1.165) is 11.1 Å². The van der Waals surface area contributed by atoms with Gasteiger partial charge in [0.1, 0.15) is 5.71 Å². The van der Waals surface area contributed by atoms with Crippen LogP contribution in [0.2, 0.25) is 0 Å². The van der Waals surface area contributed by atoms with E-state index in [4.69, 9.17) is 9.73 Å². The molecule has 0 saturated carbocycles. The van der Waals surface area contributed by atoms with Crippen LogP contribution in [-0.4, -0.2) is 24.3 Å². The van der Waals surface area contributed by atoms with Crippen molar-refractivity contribution >= 4 is 11.7 Å². The summed E-state index contributed by atoms with van der Waals surface area (Å²) >= 11 is 0. The van der Waals surface area contributed by atoms with Crippen LogP contribution in [0.25, 0.3) is 0 Å². The molecule has 122 valence electrons. The highest BCUT2D eigenvalue weighted by Crippen LogP contribution is 2.13. The maximum absolute atomic E-state index is 11.6. The summed E-state index contributed by atoms with van der Waals surface area (Å²) in [5.74, 6) is 5.94. The van der Waals surface area contributed by atoms with E-state index >= 15 is 0 Å². The van der Waals surface area contributed by atoms with Gasteiger partial charge in [-0.25, -0.2) is 4.79 Å². The highest BCUT2D eigenvalue weighted by molar-refractivity contribution is 6.13. The molecule has 0 bridgehead atoms. The van der Waals surface area contributed by atoms with E-state index < -0.39 is 0 Å². The van der Waals surface area contributed by atoms with Gasteiger partial charge in [-0.05, 0) is 51.0 Å². The van der Waals surface area contributed by atoms with Gasteiger partial charge in [0.2, 0.25) is 0 Å². The first-order valence-corrected chi connectivity index (χ1v) is 7.75. The van der Waals surface area contributed by atoms with E-state index in [1.807, 2.05) is 63.2 Å². The summed E-state index contributed by atoms with van der Waals surface area (Å²) in [5.41, 5.74) is 2.77. The van der Waals surface area contributed by atoms with Crippen molar-refractivity contribution in [3.05, 3.63) is 71.3 Å². The lowest BCUT2D eigenvalue weighted by Crippen LogP contribution is -2.14. The number of methoxy groups -OCH3 is 1. The predicted octanol–water partition coefficient (Wildman–Crippen LogP) is 4.11. The molecule has 24 heavy (non-hydrogen) atoms. The van der Waals surface area contributed by atoms with Crippen LogP contribution in [0.5, 0.6) is 0 Å². The van der Waals surface area contributed by atoms with Crippen molar-refractivity contribution in [3.8, 4) is 11.8 Å². The molecule has 0 aliphatic rings. The van der Waals surface area contributed by atoms with Crippen LogP contribution in [0.4, 0.5) is 0 Å². The first-order valence-electron chi connectivity index (χ1n) is 7.75. The Hall–Kier alpha value is -2.86. The summed E-state index contributed by atoms with van der Waals surface area (Å²) in [5, 5.41) is 0. The number of hydrogen-bond acceptors (Lipinski definition) is 3. The van der Waals surface area contributed by atoms with Crippen LogP contribution < -0.4 is 0 Å². The summed E-state index contributed by atoms with van der Waals surface area (Å²) in [4.78, 5) is 16.3. The van der Waals surface area contributed by atoms with E-state index in [9.17, 15) is 4.79 Å². The zero-order chi connectivity index (χ0) is 17.6. The van der Waals surface area contributed by atoms with Crippen LogP contribution in [0, 0.1) is 11.8 Å². The first kappa shape index (κ1) is 17.5. The number of benzene rings is 2. The van der Waals surface area contributed by atoms with Crippen molar-refractivity contribution in [3.63, 3.8) is 0 Å². The Balaban J connectivity index is 2.39. The van der Waals surface area contributed by atoms with Crippen molar-refractivity contribution in [2.75, 3.05) is 7.11 Å². The minimum Gasteiger partial charge on any atom is -0.465 e. The fourth-order valence-electron chi connectivity index (χ4n) is 2.03. The molecule has 0 aliphatic heterocycles. The molecule has 0 spiro atoms. The van der Waals surface area contributed by atoms with Crippen LogP contribution in [0.1, 0.15) is 42.3 Å². The van der Waals surface area contributed by atoms with Crippen molar-refractivity contribution in [2.45, 2.75) is 26.3 Å². The number of carbonyl (C=O) groups excluding carboxylic acids is 1. The van der Waals surface area contributed by atoms with Crippen molar-refractivity contribution in [2.24, 2.45) is 4.99 Å². The molecule has 0 saturated heterocycles. The fraction of sp³-hybridized carbons (Fsp3) is 0.238. The second-order valence-corrected chi connectivity index (χ2v) is 6.32. The quantitative estimate of drug-likeness (QED) is 0.474. The average Bonchev–Trinajstić information content (AvgIpc) is 2.58. The number of ether oxygens (including phenoxy) is 1. The number of hydrogen-bond donors (Lipinski definition) is 0. The monoisotopic (exact) mass is 319 g/mol. The normalized spacial score (nSPS) is 11.4. The zero-order valence-electron chi connectivity index (χ0n) is 14.5. The Kier molecular flexibility index (Phi) is 5.55. The number of carbonyl (C=O) groups is 1. The Labute approximate surface area is 143 Å². The van der Waals surface area contributed by atoms with Gasteiger partial charge in [0, 0.05) is 11.1 Å². The van der Waals surface area contributed by atoms with E-state index in [-0.39, 0.29) is 11.5 Å². The minimum absolute atomic E-state index is 0.248. The van der Waals surface area contributed by atoms with Gasteiger partial charge in [0.15, 0.2) is 0 Å². The van der Waals surface area contributed by atoms with Crippen molar-refractivity contribution < 1.29 is 9.53 Å². The molecule has 3 nitrogen and oxygen atoms in total. The third-order valence-corrected chi connectivity index (χ3v) is 3.13. The molecule has 0 fully saturated rings. The minimum atomic E-state index is -0.355. The van der Waals surface area contributed by atoms with Crippen LogP contribution in [0.15, 0.2) is 59.6 Å². The largest absolute Gasteiger partial charge is 0.465 e. The highest BCUT2D eigenvalue weighted by atomic mass is 16.5. The zero-order valence-corrected chi connectivity index (χ0v) is 14.5. The van der Waals surface area contributed by atoms with Gasteiger partial charge < -0.3 is 4.74 Å². The molecule has 0 aliphatic carbocycles. The molecular formula is C21H21NO2. The molecule has 0 amide bonds. The maximum Gasteiger partial charge on any atom is 0.337 e. The second kappa shape index (κ2) is 7.61. The average molecular weight is 319 g/mol. The maximum atomic E-state index is 11.6. The molecule has 0 heterocycles. The van der Waals surface area contributed by atoms with Gasteiger partial charge >= 0.3 is 5.97 Å². The van der Waals surface area contributed by atoms with E-state index in [1.54, 1.807) is 12.1 Å². The lowest BCUT2D eigenvalue weighted by molar-refractivity contribution is 0.0600. The van der Waals surface area contributed by atoms with Crippen molar-refractivity contribution in [1.82, 2.24) is 0 Å². The van der Waals surface area contributed by atoms with Gasteiger partial charge in [-0.1, -0.05) is 36.3 Å². The van der Waals surface area contributed by atoms with Crippen molar-refractivity contribution in [1.29, 1.82) is 0 Å². The Morgan fingerprint density at radius 2 is 1.54 bits per heavy atom. The van der Waals surface area contributed by atoms with Gasteiger partial charge in [-0.2, -0.15) is 0 Å². The summed E-state index contributed by atoms with van der Waals surface area (Å²) in [6.07, 6.45) is 0. The molecule has 2 rings (SSSR count). The molecular weight excluding hydrogens is 298 g/mol. The molecule has 2 aromatic rings. The van der Waals surface area contributed by atoms with Gasteiger partial charge in [0.25, 0.3) is 0 Å². The molecule has 2 aromatic carbocycles. The van der Waals surface area contributed by atoms with E-state index in [0.29, 0.717) is 11.3 Å². The Bertz CT molecular complexity index is 786. The van der Waals surface area contributed by atoms with Gasteiger partial charge in [0.05, 0.1) is 18.2 Å². The van der Waals surface area contributed by atoms with Crippen LogP contribution in [0.3, 0.4) is 0 Å². The molecule has 0 aromatic heterocycles. The van der Waals surface area contributed by atoms with Gasteiger partial charge in [-0.3, -0.25) is 4.99 Å². The molecule has 0 N–H and O–H groups in total. The molecule has 3 heteroatoms. The fourth-order valence-corrected chi connectivity index (χ4v) is 2.03. The van der Waals surface area contributed by atoms with E-state index in [2.05, 4.69) is 11.8 Å². The standard InChI is InChI=1S/C21H21NO2/c1-21(2,3)22-19(15-10-16-8-6-5-7-9-16)17-11-13-18(14-12-17)20(23)24-4/h5-9,11-14H,1-4H3. The second-order valence-electron chi connectivity index (χ2n) is 6.32. The molecule has 0 radical (unpaired) electrons.